The second kappa shape index (κ2) is 6.39. The van der Waals surface area contributed by atoms with Gasteiger partial charge in [0, 0.05) is 17.4 Å². The van der Waals surface area contributed by atoms with Crippen LogP contribution in [-0.2, 0) is 4.74 Å². The first-order valence-electron chi connectivity index (χ1n) is 6.98. The van der Waals surface area contributed by atoms with Gasteiger partial charge in [0.25, 0.3) is 0 Å². The lowest BCUT2D eigenvalue weighted by atomic mass is 9.89. The molecule has 0 radical (unpaired) electrons. The summed E-state index contributed by atoms with van der Waals surface area (Å²) >= 11 is 3.68. The van der Waals surface area contributed by atoms with Gasteiger partial charge in [-0.1, -0.05) is 48.0 Å². The molecule has 0 unspecified atom stereocenters. The molecule has 0 spiro atoms. The zero-order valence-electron chi connectivity index (χ0n) is 10.3. The molecule has 0 N–H and O–H groups in total. The van der Waals surface area contributed by atoms with Gasteiger partial charge in [-0.15, -0.1) is 0 Å². The summed E-state index contributed by atoms with van der Waals surface area (Å²) in [5.41, 5.74) is 0.481. The van der Waals surface area contributed by atoms with Crippen LogP contribution in [0.15, 0.2) is 0 Å². The first kappa shape index (κ1) is 12.9. The van der Waals surface area contributed by atoms with E-state index >= 15 is 0 Å². The molecule has 0 bridgehead atoms. The van der Waals surface area contributed by atoms with Gasteiger partial charge in [0.05, 0.1) is 6.61 Å². The Morgan fingerprint density at radius 2 is 1.69 bits per heavy atom. The van der Waals surface area contributed by atoms with Gasteiger partial charge in [-0.3, -0.25) is 0 Å². The first-order valence-corrected chi connectivity index (χ1v) is 8.11. The van der Waals surface area contributed by atoms with Gasteiger partial charge < -0.3 is 4.74 Å². The molecule has 0 saturated heterocycles. The zero-order valence-corrected chi connectivity index (χ0v) is 11.9. The number of halogens is 1. The fourth-order valence-electron chi connectivity index (χ4n) is 3.24. The topological polar surface area (TPSA) is 9.23 Å². The number of hydrogen-bond acceptors (Lipinski definition) is 1. The molecule has 1 nitrogen and oxygen atoms in total. The highest BCUT2D eigenvalue weighted by molar-refractivity contribution is 9.09. The fourth-order valence-corrected chi connectivity index (χ4v) is 3.96. The highest BCUT2D eigenvalue weighted by Crippen LogP contribution is 2.40. The van der Waals surface area contributed by atoms with Gasteiger partial charge in [0.15, 0.2) is 0 Å². The molecule has 0 aromatic rings. The van der Waals surface area contributed by atoms with E-state index in [0.29, 0.717) is 5.41 Å². The Morgan fingerprint density at radius 3 is 2.31 bits per heavy atom. The summed E-state index contributed by atoms with van der Waals surface area (Å²) in [7, 11) is 0. The third-order valence-electron chi connectivity index (χ3n) is 4.43. The smallest absolute Gasteiger partial charge is 0.0530 e. The Bertz CT molecular complexity index is 193. The molecule has 94 valence electrons. The normalized spacial score (nSPS) is 26.1. The van der Waals surface area contributed by atoms with Crippen LogP contribution < -0.4 is 0 Å². The monoisotopic (exact) mass is 288 g/mol. The van der Waals surface area contributed by atoms with E-state index in [2.05, 4.69) is 15.9 Å². The first-order chi connectivity index (χ1) is 7.85. The average molecular weight is 289 g/mol. The van der Waals surface area contributed by atoms with Crippen molar-refractivity contribution in [3.63, 3.8) is 0 Å². The number of hydrogen-bond donors (Lipinski definition) is 0. The molecule has 2 aliphatic carbocycles. The van der Waals surface area contributed by atoms with Crippen LogP contribution in [0.1, 0.15) is 57.8 Å². The molecular formula is C14H25BrO. The van der Waals surface area contributed by atoms with Crippen molar-refractivity contribution in [2.24, 2.45) is 11.3 Å². The Labute approximate surface area is 108 Å². The van der Waals surface area contributed by atoms with Gasteiger partial charge >= 0.3 is 0 Å². The predicted octanol–water partition coefficient (Wildman–Crippen LogP) is 4.54. The molecule has 2 rings (SSSR count). The highest BCUT2D eigenvalue weighted by Gasteiger charge is 2.33. The van der Waals surface area contributed by atoms with Crippen LogP contribution >= 0.6 is 15.9 Å². The van der Waals surface area contributed by atoms with Crippen LogP contribution in [0.3, 0.4) is 0 Å². The summed E-state index contributed by atoms with van der Waals surface area (Å²) in [5, 5.41) is 1.13. The molecule has 0 amide bonds. The highest BCUT2D eigenvalue weighted by atomic mass is 79.9. The van der Waals surface area contributed by atoms with Crippen molar-refractivity contribution in [1.29, 1.82) is 0 Å². The summed E-state index contributed by atoms with van der Waals surface area (Å²) < 4.78 is 6.02. The summed E-state index contributed by atoms with van der Waals surface area (Å²) in [5.74, 6) is 0.863. The molecule has 2 heteroatoms. The molecule has 0 aromatic heterocycles. The van der Waals surface area contributed by atoms with Crippen molar-refractivity contribution in [3.8, 4) is 0 Å². The molecule has 2 saturated carbocycles. The van der Waals surface area contributed by atoms with E-state index in [-0.39, 0.29) is 0 Å². The zero-order chi connectivity index (χ0) is 11.3. The van der Waals surface area contributed by atoms with Crippen LogP contribution in [0.2, 0.25) is 0 Å². The third-order valence-corrected chi connectivity index (χ3v) is 5.62. The second-order valence-corrected chi connectivity index (χ2v) is 6.42. The van der Waals surface area contributed by atoms with Crippen molar-refractivity contribution < 1.29 is 4.74 Å². The van der Waals surface area contributed by atoms with E-state index in [0.717, 1.165) is 24.5 Å². The molecule has 2 aliphatic rings. The minimum absolute atomic E-state index is 0.481. The Hall–Kier alpha value is 0.440. The molecule has 0 aromatic carbocycles. The maximum Gasteiger partial charge on any atom is 0.0530 e. The van der Waals surface area contributed by atoms with Crippen LogP contribution in [-0.4, -0.2) is 18.5 Å². The van der Waals surface area contributed by atoms with Crippen molar-refractivity contribution in [3.05, 3.63) is 0 Å². The fraction of sp³-hybridized carbons (Fsp3) is 1.00. The van der Waals surface area contributed by atoms with Crippen molar-refractivity contribution in [1.82, 2.24) is 0 Å². The predicted molar refractivity (Wildman–Crippen MR) is 72.1 cm³/mol. The molecular weight excluding hydrogens is 264 g/mol. The summed E-state index contributed by atoms with van der Waals surface area (Å²) in [6.07, 6.45) is 12.6. The van der Waals surface area contributed by atoms with Gasteiger partial charge in [-0.2, -0.15) is 0 Å². The number of ether oxygens (including phenoxy) is 1. The van der Waals surface area contributed by atoms with Crippen LogP contribution in [0.25, 0.3) is 0 Å². The molecule has 2 fully saturated rings. The second-order valence-electron chi connectivity index (χ2n) is 5.86. The minimum Gasteiger partial charge on any atom is -0.381 e. The van der Waals surface area contributed by atoms with Crippen molar-refractivity contribution >= 4 is 15.9 Å². The van der Waals surface area contributed by atoms with Gasteiger partial charge in [-0.25, -0.2) is 0 Å². The summed E-state index contributed by atoms with van der Waals surface area (Å²) in [6.45, 7) is 2.02. The van der Waals surface area contributed by atoms with E-state index < -0.39 is 0 Å². The van der Waals surface area contributed by atoms with E-state index in [4.69, 9.17) is 4.74 Å². The van der Waals surface area contributed by atoms with E-state index in [1.807, 2.05) is 0 Å². The Kier molecular flexibility index (Phi) is 5.15. The van der Waals surface area contributed by atoms with E-state index in [1.54, 1.807) is 0 Å². The summed E-state index contributed by atoms with van der Waals surface area (Å²) in [6, 6.07) is 0. The molecule has 0 heterocycles. The lowest BCUT2D eigenvalue weighted by Gasteiger charge is -2.28. The van der Waals surface area contributed by atoms with Gasteiger partial charge in [0.2, 0.25) is 0 Å². The maximum absolute atomic E-state index is 6.02. The van der Waals surface area contributed by atoms with E-state index in [1.165, 1.54) is 57.8 Å². The number of alkyl halides is 1. The van der Waals surface area contributed by atoms with Gasteiger partial charge in [0.1, 0.15) is 0 Å². The van der Waals surface area contributed by atoms with Crippen molar-refractivity contribution in [2.45, 2.75) is 57.8 Å². The quantitative estimate of drug-likeness (QED) is 0.675. The van der Waals surface area contributed by atoms with Crippen molar-refractivity contribution in [2.75, 3.05) is 18.5 Å². The Morgan fingerprint density at radius 1 is 1.00 bits per heavy atom. The maximum atomic E-state index is 6.02. The number of rotatable bonds is 5. The standard InChI is InChI=1S/C14H25BrO/c15-11-14(8-4-5-9-14)12-16-10-13-6-2-1-3-7-13/h13H,1-12H2. The SMILES string of the molecule is BrCC1(COCC2CCCCC2)CCCC1. The lowest BCUT2D eigenvalue weighted by molar-refractivity contribution is 0.0301. The third kappa shape index (κ3) is 3.46. The minimum atomic E-state index is 0.481. The largest absolute Gasteiger partial charge is 0.381 e. The molecule has 16 heavy (non-hydrogen) atoms. The molecule has 0 aliphatic heterocycles. The van der Waals surface area contributed by atoms with Crippen LogP contribution in [0, 0.1) is 11.3 Å². The molecule has 0 atom stereocenters. The van der Waals surface area contributed by atoms with Crippen LogP contribution in [0.5, 0.6) is 0 Å². The summed E-state index contributed by atoms with van der Waals surface area (Å²) in [4.78, 5) is 0. The van der Waals surface area contributed by atoms with E-state index in [9.17, 15) is 0 Å². The lowest BCUT2D eigenvalue weighted by Crippen LogP contribution is -2.27. The van der Waals surface area contributed by atoms with Gasteiger partial charge in [-0.05, 0) is 31.6 Å². The average Bonchev–Trinajstić information content (AvgIpc) is 2.80. The Balaban J connectivity index is 1.66. The van der Waals surface area contributed by atoms with Crippen LogP contribution in [0.4, 0.5) is 0 Å².